The predicted octanol–water partition coefficient (Wildman–Crippen LogP) is 3.89. The Labute approximate surface area is 105 Å². The van der Waals surface area contributed by atoms with Crippen molar-refractivity contribution in [2.75, 3.05) is 0 Å². The van der Waals surface area contributed by atoms with Gasteiger partial charge in [0.25, 0.3) is 5.69 Å². The van der Waals surface area contributed by atoms with E-state index in [1.54, 1.807) is 6.07 Å². The molecule has 88 valence electrons. The smallest absolute Gasteiger partial charge is 0.258 e. The first-order chi connectivity index (χ1) is 8.13. The van der Waals surface area contributed by atoms with Crippen LogP contribution in [0.1, 0.15) is 42.7 Å². The van der Waals surface area contributed by atoms with E-state index in [0.717, 1.165) is 25.7 Å². The number of terminal acetylenes is 1. The van der Waals surface area contributed by atoms with Crippen LogP contribution >= 0.6 is 11.6 Å². The van der Waals surface area contributed by atoms with Gasteiger partial charge in [0.1, 0.15) is 0 Å². The Kier molecular flexibility index (Phi) is 3.35. The lowest BCUT2D eigenvalue weighted by molar-refractivity contribution is -0.385. The summed E-state index contributed by atoms with van der Waals surface area (Å²) in [5.41, 5.74) is 1.19. The lowest BCUT2D eigenvalue weighted by Crippen LogP contribution is -2.01. The molecule has 17 heavy (non-hydrogen) atoms. The molecule has 0 heterocycles. The number of hydrogen-bond acceptors (Lipinski definition) is 2. The molecule has 2 rings (SSSR count). The molecule has 1 aromatic rings. The molecule has 1 aromatic carbocycles. The van der Waals surface area contributed by atoms with Crippen molar-refractivity contribution in [2.24, 2.45) is 0 Å². The summed E-state index contributed by atoms with van der Waals surface area (Å²) in [6.45, 7) is 0. The fourth-order valence-electron chi connectivity index (χ4n) is 2.46. The van der Waals surface area contributed by atoms with Crippen molar-refractivity contribution >= 4 is 17.3 Å². The molecule has 0 unspecified atom stereocenters. The molecule has 1 aliphatic carbocycles. The van der Waals surface area contributed by atoms with E-state index in [1.165, 1.54) is 6.07 Å². The Morgan fingerprint density at radius 2 is 2.06 bits per heavy atom. The molecule has 0 radical (unpaired) electrons. The van der Waals surface area contributed by atoms with Gasteiger partial charge in [-0.3, -0.25) is 10.1 Å². The van der Waals surface area contributed by atoms with Crippen LogP contribution in [0, 0.1) is 22.5 Å². The maximum absolute atomic E-state index is 11.1. The highest BCUT2D eigenvalue weighted by Crippen LogP contribution is 2.42. The SMILES string of the molecule is C#Cc1cc(Cl)c(C2CCCC2)c([N+](=O)[O-])c1. The molecule has 0 aliphatic heterocycles. The Hall–Kier alpha value is -1.53. The van der Waals surface area contributed by atoms with E-state index in [2.05, 4.69) is 5.92 Å². The van der Waals surface area contributed by atoms with Gasteiger partial charge < -0.3 is 0 Å². The van der Waals surface area contributed by atoms with E-state index >= 15 is 0 Å². The Bertz CT molecular complexity index is 499. The van der Waals surface area contributed by atoms with Crippen LogP contribution in [-0.4, -0.2) is 4.92 Å². The van der Waals surface area contributed by atoms with E-state index in [0.29, 0.717) is 16.1 Å². The summed E-state index contributed by atoms with van der Waals surface area (Å²) in [6, 6.07) is 3.09. The Balaban J connectivity index is 2.56. The number of nitrogens with zero attached hydrogens (tertiary/aromatic N) is 1. The monoisotopic (exact) mass is 249 g/mol. The predicted molar refractivity (Wildman–Crippen MR) is 67.3 cm³/mol. The average Bonchev–Trinajstić information content (AvgIpc) is 2.80. The lowest BCUT2D eigenvalue weighted by atomic mass is 9.94. The normalized spacial score (nSPS) is 15.8. The number of nitro groups is 1. The summed E-state index contributed by atoms with van der Waals surface area (Å²) < 4.78 is 0. The third-order valence-corrected chi connectivity index (χ3v) is 3.55. The second-order valence-corrected chi connectivity index (χ2v) is 4.68. The van der Waals surface area contributed by atoms with E-state index in [4.69, 9.17) is 18.0 Å². The van der Waals surface area contributed by atoms with Gasteiger partial charge in [-0.25, -0.2) is 0 Å². The van der Waals surface area contributed by atoms with Crippen LogP contribution in [0.3, 0.4) is 0 Å². The number of hydrogen-bond donors (Lipinski definition) is 0. The van der Waals surface area contributed by atoms with Gasteiger partial charge in [0.05, 0.1) is 15.5 Å². The molecule has 1 saturated carbocycles. The highest BCUT2D eigenvalue weighted by molar-refractivity contribution is 6.31. The van der Waals surface area contributed by atoms with Crippen LogP contribution in [0.2, 0.25) is 5.02 Å². The van der Waals surface area contributed by atoms with Crippen molar-refractivity contribution in [3.63, 3.8) is 0 Å². The first kappa shape index (κ1) is 11.9. The standard InChI is InChI=1S/C13H12ClNO2/c1-2-9-7-11(14)13(10-5-3-4-6-10)12(8-9)15(16)17/h1,7-8,10H,3-6H2. The van der Waals surface area contributed by atoms with Gasteiger partial charge in [-0.1, -0.05) is 30.4 Å². The maximum Gasteiger partial charge on any atom is 0.275 e. The molecule has 0 saturated heterocycles. The van der Waals surface area contributed by atoms with Crippen molar-refractivity contribution in [1.82, 2.24) is 0 Å². The van der Waals surface area contributed by atoms with Crippen molar-refractivity contribution in [3.8, 4) is 12.3 Å². The zero-order chi connectivity index (χ0) is 12.4. The summed E-state index contributed by atoms with van der Waals surface area (Å²) in [6.07, 6.45) is 9.41. The molecule has 0 spiro atoms. The molecule has 0 N–H and O–H groups in total. The van der Waals surface area contributed by atoms with Crippen LogP contribution in [0.25, 0.3) is 0 Å². The maximum atomic E-state index is 11.1. The van der Waals surface area contributed by atoms with E-state index in [9.17, 15) is 10.1 Å². The van der Waals surface area contributed by atoms with Gasteiger partial charge in [-0.05, 0) is 24.8 Å². The van der Waals surface area contributed by atoms with E-state index in [-0.39, 0.29) is 16.5 Å². The number of rotatable bonds is 2. The number of nitro benzene ring substituents is 1. The second-order valence-electron chi connectivity index (χ2n) is 4.27. The zero-order valence-corrected chi connectivity index (χ0v) is 10.0. The van der Waals surface area contributed by atoms with E-state index < -0.39 is 0 Å². The van der Waals surface area contributed by atoms with Crippen molar-refractivity contribution in [2.45, 2.75) is 31.6 Å². The molecule has 0 aromatic heterocycles. The summed E-state index contributed by atoms with van der Waals surface area (Å²) >= 11 is 6.14. The minimum atomic E-state index is -0.389. The average molecular weight is 250 g/mol. The highest BCUT2D eigenvalue weighted by atomic mass is 35.5. The Morgan fingerprint density at radius 1 is 1.41 bits per heavy atom. The van der Waals surface area contributed by atoms with Crippen molar-refractivity contribution < 1.29 is 4.92 Å². The highest BCUT2D eigenvalue weighted by Gasteiger charge is 2.28. The minimum Gasteiger partial charge on any atom is -0.258 e. The van der Waals surface area contributed by atoms with Crippen molar-refractivity contribution in [3.05, 3.63) is 38.4 Å². The fraction of sp³-hybridized carbons (Fsp3) is 0.385. The summed E-state index contributed by atoms with van der Waals surface area (Å²) in [5.74, 6) is 2.60. The first-order valence-corrected chi connectivity index (χ1v) is 5.95. The van der Waals surface area contributed by atoms with Crippen LogP contribution in [0.4, 0.5) is 5.69 Å². The number of halogens is 1. The van der Waals surface area contributed by atoms with Gasteiger partial charge in [-0.15, -0.1) is 6.42 Å². The lowest BCUT2D eigenvalue weighted by Gasteiger charge is -2.12. The summed E-state index contributed by atoms with van der Waals surface area (Å²) in [7, 11) is 0. The first-order valence-electron chi connectivity index (χ1n) is 5.58. The van der Waals surface area contributed by atoms with Crippen molar-refractivity contribution in [1.29, 1.82) is 0 Å². The van der Waals surface area contributed by atoms with Crippen LogP contribution < -0.4 is 0 Å². The second kappa shape index (κ2) is 4.77. The molecule has 0 amide bonds. The molecule has 4 heteroatoms. The van der Waals surface area contributed by atoms with Gasteiger partial charge in [0, 0.05) is 11.6 Å². The quantitative estimate of drug-likeness (QED) is 0.453. The van der Waals surface area contributed by atoms with Gasteiger partial charge in [0.15, 0.2) is 0 Å². The fourth-order valence-corrected chi connectivity index (χ4v) is 2.83. The largest absolute Gasteiger partial charge is 0.275 e. The third-order valence-electron chi connectivity index (χ3n) is 3.23. The van der Waals surface area contributed by atoms with Crippen LogP contribution in [-0.2, 0) is 0 Å². The van der Waals surface area contributed by atoms with Crippen LogP contribution in [0.15, 0.2) is 12.1 Å². The molecular formula is C13H12ClNO2. The molecule has 0 atom stereocenters. The minimum absolute atomic E-state index is 0.0670. The van der Waals surface area contributed by atoms with Gasteiger partial charge >= 0.3 is 0 Å². The van der Waals surface area contributed by atoms with Gasteiger partial charge in [0.2, 0.25) is 0 Å². The van der Waals surface area contributed by atoms with Gasteiger partial charge in [-0.2, -0.15) is 0 Å². The summed E-state index contributed by atoms with van der Waals surface area (Å²) in [5, 5.41) is 11.5. The molecule has 0 bridgehead atoms. The molecular weight excluding hydrogens is 238 g/mol. The zero-order valence-electron chi connectivity index (χ0n) is 9.28. The number of benzene rings is 1. The third kappa shape index (κ3) is 2.27. The van der Waals surface area contributed by atoms with Crippen LogP contribution in [0.5, 0.6) is 0 Å². The molecule has 1 aliphatic rings. The topological polar surface area (TPSA) is 43.1 Å². The van der Waals surface area contributed by atoms with E-state index in [1.807, 2.05) is 0 Å². The molecule has 1 fully saturated rings. The molecule has 3 nitrogen and oxygen atoms in total. The summed E-state index contributed by atoms with van der Waals surface area (Å²) in [4.78, 5) is 10.7. The Morgan fingerprint density at radius 3 is 2.59 bits per heavy atom.